The fraction of sp³-hybridized carbons (Fsp3) is 0.400. The molecule has 2 aromatic heterocycles. The van der Waals surface area contributed by atoms with Crippen molar-refractivity contribution in [2.24, 2.45) is 0 Å². The largest absolute Gasteiger partial charge is 0.317 e. The van der Waals surface area contributed by atoms with Crippen LogP contribution in [0.1, 0.15) is 39.6 Å². The first-order chi connectivity index (χ1) is 10.2. The van der Waals surface area contributed by atoms with E-state index in [2.05, 4.69) is 20.6 Å². The van der Waals surface area contributed by atoms with Crippen molar-refractivity contribution in [3.63, 3.8) is 0 Å². The Bertz CT molecular complexity index is 640. The number of amides is 1. The number of hydrogen-bond acceptors (Lipinski definition) is 5. The van der Waals surface area contributed by atoms with Crippen LogP contribution in [0.5, 0.6) is 0 Å². The highest BCUT2D eigenvalue weighted by atomic mass is 35.5. The maximum absolute atomic E-state index is 12.2. The lowest BCUT2D eigenvalue weighted by Gasteiger charge is -2.20. The summed E-state index contributed by atoms with van der Waals surface area (Å²) in [5.74, 6) is 0.418. The lowest BCUT2D eigenvalue weighted by molar-refractivity contribution is 0.102. The number of thiazole rings is 1. The zero-order valence-electron chi connectivity index (χ0n) is 12.3. The van der Waals surface area contributed by atoms with Crippen molar-refractivity contribution < 1.29 is 4.79 Å². The Morgan fingerprint density at radius 1 is 1.36 bits per heavy atom. The number of rotatable bonds is 3. The molecular formula is C15H19ClN4OS. The number of hydrogen-bond donors (Lipinski definition) is 2. The number of carbonyl (C=O) groups is 1. The third kappa shape index (κ3) is 3.82. The van der Waals surface area contributed by atoms with Gasteiger partial charge in [-0.15, -0.1) is 23.7 Å². The molecule has 3 rings (SSSR count). The van der Waals surface area contributed by atoms with Gasteiger partial charge in [0.2, 0.25) is 0 Å². The SMILES string of the molecule is Cc1ccncc1C(=O)Nc1ncc(C2CCNCC2)s1.Cl. The Hall–Kier alpha value is -1.50. The zero-order chi connectivity index (χ0) is 14.7. The van der Waals surface area contributed by atoms with Gasteiger partial charge < -0.3 is 5.32 Å². The lowest BCUT2D eigenvalue weighted by atomic mass is 9.97. The predicted molar refractivity (Wildman–Crippen MR) is 91.1 cm³/mol. The van der Waals surface area contributed by atoms with Crippen molar-refractivity contribution in [2.75, 3.05) is 18.4 Å². The molecule has 1 aliphatic rings. The first-order valence-corrected chi connectivity index (χ1v) is 7.94. The first-order valence-electron chi connectivity index (χ1n) is 7.12. The number of halogens is 1. The number of nitrogens with one attached hydrogen (secondary N) is 2. The molecule has 1 fully saturated rings. The van der Waals surface area contributed by atoms with E-state index in [0.29, 0.717) is 16.6 Å². The number of aryl methyl sites for hydroxylation is 1. The average Bonchev–Trinajstić information content (AvgIpc) is 2.97. The van der Waals surface area contributed by atoms with Gasteiger partial charge in [-0.1, -0.05) is 0 Å². The average molecular weight is 339 g/mol. The molecule has 2 N–H and O–H groups in total. The Labute approximate surface area is 140 Å². The van der Waals surface area contributed by atoms with E-state index in [1.54, 1.807) is 23.7 Å². The van der Waals surface area contributed by atoms with Gasteiger partial charge in [-0.25, -0.2) is 4.98 Å². The first kappa shape index (κ1) is 16.9. The van der Waals surface area contributed by atoms with Crippen LogP contribution in [-0.2, 0) is 0 Å². The van der Waals surface area contributed by atoms with Gasteiger partial charge in [-0.05, 0) is 50.4 Å². The number of aromatic nitrogens is 2. The molecule has 0 saturated carbocycles. The quantitative estimate of drug-likeness (QED) is 0.902. The maximum Gasteiger partial charge on any atom is 0.259 e. The Kier molecular flexibility index (Phi) is 5.88. The summed E-state index contributed by atoms with van der Waals surface area (Å²) < 4.78 is 0. The van der Waals surface area contributed by atoms with Crippen LogP contribution in [0.4, 0.5) is 5.13 Å². The Balaban J connectivity index is 0.00000176. The third-order valence-electron chi connectivity index (χ3n) is 3.77. The molecule has 22 heavy (non-hydrogen) atoms. The standard InChI is InChI=1S/C15H18N4OS.ClH/c1-10-2-5-17-8-12(10)14(20)19-15-18-9-13(21-15)11-3-6-16-7-4-11;/h2,5,8-9,11,16H,3-4,6-7H2,1H3,(H,18,19,20);1H. The summed E-state index contributed by atoms with van der Waals surface area (Å²) >= 11 is 1.58. The molecule has 2 aromatic rings. The van der Waals surface area contributed by atoms with Gasteiger partial charge in [0.15, 0.2) is 5.13 Å². The molecular weight excluding hydrogens is 320 g/mol. The Morgan fingerprint density at radius 2 is 2.14 bits per heavy atom. The summed E-state index contributed by atoms with van der Waals surface area (Å²) in [7, 11) is 0. The molecule has 1 aliphatic heterocycles. The minimum absolute atomic E-state index is 0. The molecule has 0 spiro atoms. The Morgan fingerprint density at radius 3 is 2.86 bits per heavy atom. The molecule has 1 saturated heterocycles. The normalized spacial score (nSPS) is 15.1. The van der Waals surface area contributed by atoms with Crippen LogP contribution in [0.25, 0.3) is 0 Å². The summed E-state index contributed by atoms with van der Waals surface area (Å²) in [6.45, 7) is 4.01. The smallest absolute Gasteiger partial charge is 0.259 e. The molecule has 0 bridgehead atoms. The van der Waals surface area contributed by atoms with E-state index < -0.39 is 0 Å². The summed E-state index contributed by atoms with van der Waals surface area (Å²) in [4.78, 5) is 21.8. The number of nitrogens with zero attached hydrogens (tertiary/aromatic N) is 2. The van der Waals surface area contributed by atoms with E-state index >= 15 is 0 Å². The minimum Gasteiger partial charge on any atom is -0.317 e. The van der Waals surface area contributed by atoms with Gasteiger partial charge >= 0.3 is 0 Å². The topological polar surface area (TPSA) is 66.9 Å². The molecule has 0 aliphatic carbocycles. The van der Waals surface area contributed by atoms with Crippen LogP contribution in [-0.4, -0.2) is 29.0 Å². The van der Waals surface area contributed by atoms with Gasteiger partial charge in [-0.2, -0.15) is 0 Å². The fourth-order valence-corrected chi connectivity index (χ4v) is 3.49. The van der Waals surface area contributed by atoms with Crippen molar-refractivity contribution in [2.45, 2.75) is 25.7 Å². The van der Waals surface area contributed by atoms with Gasteiger partial charge in [0, 0.05) is 23.5 Å². The van der Waals surface area contributed by atoms with E-state index in [1.165, 1.54) is 4.88 Å². The minimum atomic E-state index is -0.146. The zero-order valence-corrected chi connectivity index (χ0v) is 14.0. The molecule has 118 valence electrons. The van der Waals surface area contributed by atoms with Gasteiger partial charge in [0.25, 0.3) is 5.91 Å². The molecule has 7 heteroatoms. The summed E-state index contributed by atoms with van der Waals surface area (Å²) in [5, 5.41) is 6.89. The van der Waals surface area contributed by atoms with Gasteiger partial charge in [-0.3, -0.25) is 15.1 Å². The highest BCUT2D eigenvalue weighted by Crippen LogP contribution is 2.31. The van der Waals surface area contributed by atoms with Crippen LogP contribution < -0.4 is 10.6 Å². The summed E-state index contributed by atoms with van der Waals surface area (Å²) in [6.07, 6.45) is 7.44. The van der Waals surface area contributed by atoms with Crippen LogP contribution >= 0.6 is 23.7 Å². The maximum atomic E-state index is 12.2. The van der Waals surface area contributed by atoms with E-state index in [1.807, 2.05) is 19.2 Å². The highest BCUT2D eigenvalue weighted by molar-refractivity contribution is 7.15. The van der Waals surface area contributed by atoms with Crippen molar-refractivity contribution in [3.05, 3.63) is 40.7 Å². The van der Waals surface area contributed by atoms with Crippen molar-refractivity contribution in [1.82, 2.24) is 15.3 Å². The molecule has 5 nitrogen and oxygen atoms in total. The van der Waals surface area contributed by atoms with E-state index in [4.69, 9.17) is 0 Å². The van der Waals surface area contributed by atoms with E-state index in [9.17, 15) is 4.79 Å². The number of piperidine rings is 1. The molecule has 1 amide bonds. The molecule has 3 heterocycles. The van der Waals surface area contributed by atoms with E-state index in [-0.39, 0.29) is 18.3 Å². The predicted octanol–water partition coefficient (Wildman–Crippen LogP) is 2.99. The molecule has 0 radical (unpaired) electrons. The van der Waals surface area contributed by atoms with Crippen LogP contribution in [0, 0.1) is 6.92 Å². The second-order valence-electron chi connectivity index (χ2n) is 5.24. The number of pyridine rings is 1. The number of carbonyl (C=O) groups excluding carboxylic acids is 1. The second-order valence-corrected chi connectivity index (χ2v) is 6.30. The molecule has 0 atom stereocenters. The van der Waals surface area contributed by atoms with Crippen LogP contribution in [0.2, 0.25) is 0 Å². The van der Waals surface area contributed by atoms with Crippen molar-refractivity contribution in [1.29, 1.82) is 0 Å². The van der Waals surface area contributed by atoms with Gasteiger partial charge in [0.05, 0.1) is 5.56 Å². The summed E-state index contributed by atoms with van der Waals surface area (Å²) in [6, 6.07) is 1.83. The highest BCUT2D eigenvalue weighted by Gasteiger charge is 2.18. The van der Waals surface area contributed by atoms with Crippen LogP contribution in [0.15, 0.2) is 24.7 Å². The molecule has 0 unspecified atom stereocenters. The monoisotopic (exact) mass is 338 g/mol. The third-order valence-corrected chi connectivity index (χ3v) is 4.84. The number of anilines is 1. The van der Waals surface area contributed by atoms with Crippen molar-refractivity contribution >= 4 is 34.8 Å². The van der Waals surface area contributed by atoms with Crippen molar-refractivity contribution in [3.8, 4) is 0 Å². The molecule has 0 aromatic carbocycles. The van der Waals surface area contributed by atoms with Gasteiger partial charge in [0.1, 0.15) is 0 Å². The summed E-state index contributed by atoms with van der Waals surface area (Å²) in [5.41, 5.74) is 1.51. The van der Waals surface area contributed by atoms with E-state index in [0.717, 1.165) is 31.5 Å². The second kappa shape index (κ2) is 7.67. The lowest BCUT2D eigenvalue weighted by Crippen LogP contribution is -2.26. The fourth-order valence-electron chi connectivity index (χ4n) is 2.51. The van der Waals surface area contributed by atoms with Crippen LogP contribution in [0.3, 0.4) is 0 Å².